The van der Waals surface area contributed by atoms with Crippen molar-refractivity contribution in [1.82, 2.24) is 0 Å². The summed E-state index contributed by atoms with van der Waals surface area (Å²) in [5.74, 6) is 0. The standard InChI is InChI=1S/C17H17N/c1-18(2)17-9-5-8-15(12-17)16-10-13-6-3-4-7-14(13)11-16/h3-10,12H,11H2,1-2H3. The number of hydrogen-bond donors (Lipinski definition) is 0. The lowest BCUT2D eigenvalue weighted by Crippen LogP contribution is -2.08. The van der Waals surface area contributed by atoms with Crippen molar-refractivity contribution in [3.05, 3.63) is 65.2 Å². The smallest absolute Gasteiger partial charge is 0.0367 e. The highest BCUT2D eigenvalue weighted by Crippen LogP contribution is 2.32. The Labute approximate surface area is 108 Å². The molecule has 0 saturated heterocycles. The molecular formula is C17H17N. The second-order valence-corrected chi connectivity index (χ2v) is 4.99. The third kappa shape index (κ3) is 1.92. The van der Waals surface area contributed by atoms with Crippen LogP contribution < -0.4 is 4.90 Å². The molecule has 0 atom stereocenters. The molecule has 1 aliphatic carbocycles. The Hall–Kier alpha value is -2.02. The van der Waals surface area contributed by atoms with E-state index in [0.29, 0.717) is 0 Å². The van der Waals surface area contributed by atoms with E-state index >= 15 is 0 Å². The monoisotopic (exact) mass is 235 g/mol. The third-order valence-corrected chi connectivity index (χ3v) is 3.50. The predicted molar refractivity (Wildman–Crippen MR) is 78.8 cm³/mol. The largest absolute Gasteiger partial charge is 0.378 e. The minimum atomic E-state index is 1.05. The quantitative estimate of drug-likeness (QED) is 0.764. The van der Waals surface area contributed by atoms with Crippen molar-refractivity contribution in [2.24, 2.45) is 0 Å². The molecule has 0 aliphatic heterocycles. The summed E-state index contributed by atoms with van der Waals surface area (Å²) in [4.78, 5) is 2.14. The fourth-order valence-corrected chi connectivity index (χ4v) is 2.45. The van der Waals surface area contributed by atoms with Crippen molar-refractivity contribution in [3.63, 3.8) is 0 Å². The molecule has 2 aromatic rings. The first-order valence-corrected chi connectivity index (χ1v) is 6.30. The van der Waals surface area contributed by atoms with Crippen LogP contribution in [0.25, 0.3) is 11.6 Å². The van der Waals surface area contributed by atoms with Gasteiger partial charge in [0, 0.05) is 19.8 Å². The summed E-state index contributed by atoms with van der Waals surface area (Å²) in [5, 5.41) is 0. The molecule has 2 aromatic carbocycles. The van der Waals surface area contributed by atoms with Crippen molar-refractivity contribution in [3.8, 4) is 0 Å². The van der Waals surface area contributed by atoms with Crippen molar-refractivity contribution in [2.45, 2.75) is 6.42 Å². The average Bonchev–Trinajstić information content (AvgIpc) is 2.82. The summed E-state index contributed by atoms with van der Waals surface area (Å²) >= 11 is 0. The van der Waals surface area contributed by atoms with Gasteiger partial charge in [0.05, 0.1) is 0 Å². The van der Waals surface area contributed by atoms with Crippen LogP contribution in [-0.2, 0) is 6.42 Å². The summed E-state index contributed by atoms with van der Waals surface area (Å²) in [6.07, 6.45) is 3.36. The Bertz CT molecular complexity index is 609. The van der Waals surface area contributed by atoms with E-state index in [4.69, 9.17) is 0 Å². The number of allylic oxidation sites excluding steroid dienone is 1. The fourth-order valence-electron chi connectivity index (χ4n) is 2.45. The Morgan fingerprint density at radius 2 is 1.78 bits per heavy atom. The first-order chi connectivity index (χ1) is 8.74. The maximum Gasteiger partial charge on any atom is 0.0367 e. The SMILES string of the molecule is CN(C)c1cccc(C2=Cc3ccccc3C2)c1. The zero-order chi connectivity index (χ0) is 12.5. The molecular weight excluding hydrogens is 218 g/mol. The summed E-state index contributed by atoms with van der Waals surface area (Å²) in [7, 11) is 4.16. The van der Waals surface area contributed by atoms with Gasteiger partial charge in [-0.25, -0.2) is 0 Å². The first kappa shape index (κ1) is 11.1. The lowest BCUT2D eigenvalue weighted by atomic mass is 10.0. The van der Waals surface area contributed by atoms with Gasteiger partial charge in [-0.2, -0.15) is 0 Å². The highest BCUT2D eigenvalue weighted by Gasteiger charge is 2.13. The van der Waals surface area contributed by atoms with Gasteiger partial charge < -0.3 is 4.90 Å². The Morgan fingerprint density at radius 1 is 0.944 bits per heavy atom. The second kappa shape index (κ2) is 4.34. The summed E-state index contributed by atoms with van der Waals surface area (Å²) in [6.45, 7) is 0. The maximum atomic E-state index is 2.31. The molecule has 1 aliphatic rings. The van der Waals surface area contributed by atoms with Crippen LogP contribution in [0.1, 0.15) is 16.7 Å². The Kier molecular flexibility index (Phi) is 2.67. The van der Waals surface area contributed by atoms with Crippen molar-refractivity contribution >= 4 is 17.3 Å². The van der Waals surface area contributed by atoms with Gasteiger partial charge >= 0.3 is 0 Å². The number of nitrogens with zero attached hydrogens (tertiary/aromatic N) is 1. The van der Waals surface area contributed by atoms with Crippen LogP contribution in [0.2, 0.25) is 0 Å². The molecule has 0 heterocycles. The van der Waals surface area contributed by atoms with E-state index < -0.39 is 0 Å². The molecule has 0 unspecified atom stereocenters. The van der Waals surface area contributed by atoms with Crippen LogP contribution in [-0.4, -0.2) is 14.1 Å². The first-order valence-electron chi connectivity index (χ1n) is 6.30. The average molecular weight is 235 g/mol. The van der Waals surface area contributed by atoms with Gasteiger partial charge in [0.25, 0.3) is 0 Å². The summed E-state index contributed by atoms with van der Waals surface area (Å²) in [6, 6.07) is 17.4. The summed E-state index contributed by atoms with van der Waals surface area (Å²) < 4.78 is 0. The van der Waals surface area contributed by atoms with Crippen LogP contribution in [0.5, 0.6) is 0 Å². The maximum absolute atomic E-state index is 2.31. The molecule has 1 heteroatoms. The van der Waals surface area contributed by atoms with Gasteiger partial charge in [-0.1, -0.05) is 42.5 Å². The molecule has 0 fully saturated rings. The molecule has 0 bridgehead atoms. The summed E-state index contributed by atoms with van der Waals surface area (Å²) in [5.41, 5.74) is 6.80. The highest BCUT2D eigenvalue weighted by molar-refractivity contribution is 5.89. The van der Waals surface area contributed by atoms with Gasteiger partial charge in [0.1, 0.15) is 0 Å². The minimum Gasteiger partial charge on any atom is -0.378 e. The number of benzene rings is 2. The number of anilines is 1. The lowest BCUT2D eigenvalue weighted by Gasteiger charge is -2.14. The van der Waals surface area contributed by atoms with Crippen LogP contribution in [0, 0.1) is 0 Å². The van der Waals surface area contributed by atoms with E-state index in [-0.39, 0.29) is 0 Å². The van der Waals surface area contributed by atoms with Crippen LogP contribution in [0.15, 0.2) is 48.5 Å². The Balaban J connectivity index is 1.97. The van der Waals surface area contributed by atoms with E-state index in [0.717, 1.165) is 6.42 Å². The fraction of sp³-hybridized carbons (Fsp3) is 0.176. The molecule has 0 saturated carbocycles. The highest BCUT2D eigenvalue weighted by atomic mass is 15.1. The third-order valence-electron chi connectivity index (χ3n) is 3.50. The zero-order valence-electron chi connectivity index (χ0n) is 10.9. The van der Waals surface area contributed by atoms with E-state index in [1.807, 2.05) is 0 Å². The molecule has 0 N–H and O–H groups in total. The van der Waals surface area contributed by atoms with Gasteiger partial charge in [-0.15, -0.1) is 0 Å². The molecule has 90 valence electrons. The molecule has 3 rings (SSSR count). The van der Waals surface area contributed by atoms with Crippen molar-refractivity contribution in [1.29, 1.82) is 0 Å². The predicted octanol–water partition coefficient (Wildman–Crippen LogP) is 3.85. The van der Waals surface area contributed by atoms with Gasteiger partial charge in [0.2, 0.25) is 0 Å². The van der Waals surface area contributed by atoms with Crippen LogP contribution in [0.3, 0.4) is 0 Å². The van der Waals surface area contributed by atoms with Crippen LogP contribution >= 0.6 is 0 Å². The lowest BCUT2D eigenvalue weighted by molar-refractivity contribution is 1.13. The van der Waals surface area contributed by atoms with Gasteiger partial charge in [-0.05, 0) is 40.8 Å². The number of hydrogen-bond acceptors (Lipinski definition) is 1. The molecule has 1 nitrogen and oxygen atoms in total. The van der Waals surface area contributed by atoms with Crippen molar-refractivity contribution in [2.75, 3.05) is 19.0 Å². The topological polar surface area (TPSA) is 3.24 Å². The number of fused-ring (bicyclic) bond motifs is 1. The van der Waals surface area contributed by atoms with Gasteiger partial charge in [0.15, 0.2) is 0 Å². The zero-order valence-corrected chi connectivity index (χ0v) is 10.9. The van der Waals surface area contributed by atoms with Gasteiger partial charge in [-0.3, -0.25) is 0 Å². The molecule has 0 spiro atoms. The normalized spacial score (nSPS) is 13.1. The molecule has 0 amide bonds. The number of rotatable bonds is 2. The van der Waals surface area contributed by atoms with Crippen LogP contribution in [0.4, 0.5) is 5.69 Å². The van der Waals surface area contributed by atoms with E-state index in [2.05, 4.69) is 73.6 Å². The second-order valence-electron chi connectivity index (χ2n) is 4.99. The van der Waals surface area contributed by atoms with E-state index in [1.165, 1.54) is 28.0 Å². The van der Waals surface area contributed by atoms with Crippen molar-refractivity contribution < 1.29 is 0 Å². The molecule has 0 aromatic heterocycles. The molecule has 18 heavy (non-hydrogen) atoms. The van der Waals surface area contributed by atoms with E-state index in [1.54, 1.807) is 0 Å². The van der Waals surface area contributed by atoms with E-state index in [9.17, 15) is 0 Å². The minimum absolute atomic E-state index is 1.05. The molecule has 0 radical (unpaired) electrons. The Morgan fingerprint density at radius 3 is 2.56 bits per heavy atom.